The Morgan fingerprint density at radius 2 is 2.17 bits per heavy atom. The van der Waals surface area contributed by atoms with Crippen molar-refractivity contribution >= 4 is 5.69 Å². The molecule has 0 spiro atoms. The summed E-state index contributed by atoms with van der Waals surface area (Å²) in [5.74, 6) is 0. The molecule has 0 radical (unpaired) electrons. The minimum absolute atomic E-state index is 0.915. The lowest BCUT2D eigenvalue weighted by Crippen LogP contribution is -2.16. The van der Waals surface area contributed by atoms with Crippen molar-refractivity contribution in [2.75, 3.05) is 5.73 Å². The number of anilines is 1. The van der Waals surface area contributed by atoms with Crippen LogP contribution in [0, 0.1) is 6.92 Å². The van der Waals surface area contributed by atoms with Crippen molar-refractivity contribution in [2.45, 2.75) is 26.6 Å². The summed E-state index contributed by atoms with van der Waals surface area (Å²) in [5, 5.41) is 4.39. The lowest BCUT2D eigenvalue weighted by Gasteiger charge is -2.13. The molecule has 3 rings (SSSR count). The average molecular weight is 242 g/mol. The van der Waals surface area contributed by atoms with E-state index in [-0.39, 0.29) is 0 Å². The molecule has 4 nitrogen and oxygen atoms in total. The highest BCUT2D eigenvalue weighted by atomic mass is 15.3. The summed E-state index contributed by atoms with van der Waals surface area (Å²) < 4.78 is 1.88. The fraction of sp³-hybridized carbons (Fsp3) is 0.357. The summed E-state index contributed by atoms with van der Waals surface area (Å²) in [4.78, 5) is 2.41. The van der Waals surface area contributed by atoms with Gasteiger partial charge in [-0.15, -0.1) is 0 Å². The average Bonchev–Trinajstić information content (AvgIpc) is 2.84. The number of benzene rings is 1. The van der Waals surface area contributed by atoms with Gasteiger partial charge in [-0.2, -0.15) is 5.10 Å². The Balaban J connectivity index is 1.79. The highest BCUT2D eigenvalue weighted by Gasteiger charge is 2.21. The Morgan fingerprint density at radius 1 is 1.33 bits per heavy atom. The van der Waals surface area contributed by atoms with E-state index in [0.717, 1.165) is 31.0 Å². The number of aryl methyl sites for hydroxylation is 2. The van der Waals surface area contributed by atoms with Crippen molar-refractivity contribution in [1.82, 2.24) is 14.7 Å². The van der Waals surface area contributed by atoms with Crippen molar-refractivity contribution in [2.24, 2.45) is 7.05 Å². The van der Waals surface area contributed by atoms with Crippen LogP contribution in [0.3, 0.4) is 0 Å². The quantitative estimate of drug-likeness (QED) is 0.817. The van der Waals surface area contributed by atoms with Gasteiger partial charge in [0.1, 0.15) is 0 Å². The van der Waals surface area contributed by atoms with Crippen LogP contribution < -0.4 is 5.73 Å². The maximum atomic E-state index is 6.02. The molecule has 0 saturated carbocycles. The number of nitrogen functional groups attached to an aromatic ring is 1. The topological polar surface area (TPSA) is 47.1 Å². The first kappa shape index (κ1) is 11.3. The van der Waals surface area contributed by atoms with Crippen LogP contribution >= 0.6 is 0 Å². The van der Waals surface area contributed by atoms with Gasteiger partial charge in [0.15, 0.2) is 0 Å². The lowest BCUT2D eigenvalue weighted by molar-refractivity contribution is 0.275. The molecule has 4 heteroatoms. The number of nitrogens with two attached hydrogens (primary N) is 1. The van der Waals surface area contributed by atoms with Gasteiger partial charge in [0.25, 0.3) is 0 Å². The van der Waals surface area contributed by atoms with Gasteiger partial charge >= 0.3 is 0 Å². The van der Waals surface area contributed by atoms with Gasteiger partial charge in [0.2, 0.25) is 0 Å². The third-order valence-corrected chi connectivity index (χ3v) is 3.59. The molecule has 0 saturated heterocycles. The van der Waals surface area contributed by atoms with Gasteiger partial charge in [-0.05, 0) is 24.1 Å². The number of hydrogen-bond acceptors (Lipinski definition) is 3. The molecule has 2 N–H and O–H groups in total. The van der Waals surface area contributed by atoms with Gasteiger partial charge in [-0.25, -0.2) is 0 Å². The minimum Gasteiger partial charge on any atom is -0.398 e. The van der Waals surface area contributed by atoms with Crippen molar-refractivity contribution < 1.29 is 0 Å². The van der Waals surface area contributed by atoms with E-state index in [1.165, 1.54) is 16.7 Å². The lowest BCUT2D eigenvalue weighted by atomic mass is 10.1. The Labute approximate surface area is 107 Å². The fourth-order valence-corrected chi connectivity index (χ4v) is 2.67. The predicted molar refractivity (Wildman–Crippen MR) is 71.8 cm³/mol. The standard InChI is InChI=1S/C14H18N4/c1-10-12(6-17(2)16-10)8-18-7-11-4-3-5-14(15)13(11)9-18/h3-6H,7-9,15H2,1-2H3. The molecule has 0 atom stereocenters. The highest BCUT2D eigenvalue weighted by Crippen LogP contribution is 2.28. The van der Waals surface area contributed by atoms with Crippen LogP contribution in [0.2, 0.25) is 0 Å². The van der Waals surface area contributed by atoms with Crippen molar-refractivity contribution in [3.05, 3.63) is 46.8 Å². The zero-order valence-electron chi connectivity index (χ0n) is 10.8. The predicted octanol–water partition coefficient (Wildman–Crippen LogP) is 1.83. The first-order chi connectivity index (χ1) is 8.63. The fourth-order valence-electron chi connectivity index (χ4n) is 2.67. The van der Waals surface area contributed by atoms with E-state index in [1.54, 1.807) is 0 Å². The van der Waals surface area contributed by atoms with Crippen LogP contribution in [0.15, 0.2) is 24.4 Å². The third-order valence-electron chi connectivity index (χ3n) is 3.59. The molecule has 1 aromatic heterocycles. The van der Waals surface area contributed by atoms with Crippen molar-refractivity contribution in [3.63, 3.8) is 0 Å². The Hall–Kier alpha value is -1.81. The summed E-state index contributed by atoms with van der Waals surface area (Å²) in [6, 6.07) is 6.19. The van der Waals surface area contributed by atoms with Gasteiger partial charge < -0.3 is 5.73 Å². The molecule has 0 amide bonds. The molecule has 0 fully saturated rings. The van der Waals surface area contributed by atoms with E-state index in [1.807, 2.05) is 23.9 Å². The number of aromatic nitrogens is 2. The zero-order valence-corrected chi connectivity index (χ0v) is 10.8. The van der Waals surface area contributed by atoms with Crippen LogP contribution in [0.4, 0.5) is 5.69 Å². The number of rotatable bonds is 2. The number of nitrogens with zero attached hydrogens (tertiary/aromatic N) is 3. The van der Waals surface area contributed by atoms with Gasteiger partial charge in [0.05, 0.1) is 5.69 Å². The summed E-state index contributed by atoms with van der Waals surface area (Å²) in [7, 11) is 1.97. The van der Waals surface area contributed by atoms with E-state index in [2.05, 4.69) is 29.2 Å². The summed E-state index contributed by atoms with van der Waals surface area (Å²) in [6.45, 7) is 4.92. The summed E-state index contributed by atoms with van der Waals surface area (Å²) >= 11 is 0. The molecule has 0 unspecified atom stereocenters. The van der Waals surface area contributed by atoms with Crippen molar-refractivity contribution in [1.29, 1.82) is 0 Å². The van der Waals surface area contributed by atoms with Gasteiger partial charge in [-0.3, -0.25) is 9.58 Å². The first-order valence-corrected chi connectivity index (χ1v) is 6.21. The van der Waals surface area contributed by atoms with Crippen LogP contribution in [0.1, 0.15) is 22.4 Å². The van der Waals surface area contributed by atoms with Gasteiger partial charge in [-0.1, -0.05) is 12.1 Å². The maximum Gasteiger partial charge on any atom is 0.0638 e. The van der Waals surface area contributed by atoms with E-state index in [9.17, 15) is 0 Å². The van der Waals surface area contributed by atoms with Crippen LogP contribution in [-0.2, 0) is 26.7 Å². The third kappa shape index (κ3) is 1.88. The second-order valence-electron chi connectivity index (χ2n) is 5.04. The Kier molecular flexibility index (Phi) is 2.59. The van der Waals surface area contributed by atoms with E-state index in [4.69, 9.17) is 5.73 Å². The summed E-state index contributed by atoms with van der Waals surface area (Å²) in [5.41, 5.74) is 12.0. The molecular weight excluding hydrogens is 224 g/mol. The molecule has 2 aromatic rings. The number of hydrogen-bond donors (Lipinski definition) is 1. The highest BCUT2D eigenvalue weighted by molar-refractivity contribution is 5.52. The molecule has 0 bridgehead atoms. The zero-order chi connectivity index (χ0) is 12.7. The Morgan fingerprint density at radius 3 is 2.83 bits per heavy atom. The van der Waals surface area contributed by atoms with Crippen LogP contribution in [0.5, 0.6) is 0 Å². The molecule has 1 aliphatic heterocycles. The maximum absolute atomic E-state index is 6.02. The van der Waals surface area contributed by atoms with Gasteiger partial charge in [0, 0.05) is 44.1 Å². The van der Waals surface area contributed by atoms with E-state index < -0.39 is 0 Å². The van der Waals surface area contributed by atoms with E-state index in [0.29, 0.717) is 0 Å². The monoisotopic (exact) mass is 242 g/mol. The molecule has 2 heterocycles. The van der Waals surface area contributed by atoms with E-state index >= 15 is 0 Å². The molecule has 1 aliphatic rings. The summed E-state index contributed by atoms with van der Waals surface area (Å²) in [6.07, 6.45) is 2.10. The SMILES string of the molecule is Cc1nn(C)cc1CN1Cc2cccc(N)c2C1. The molecule has 1 aromatic carbocycles. The van der Waals surface area contributed by atoms with Crippen LogP contribution in [0.25, 0.3) is 0 Å². The smallest absolute Gasteiger partial charge is 0.0638 e. The first-order valence-electron chi connectivity index (χ1n) is 6.21. The number of fused-ring (bicyclic) bond motifs is 1. The second-order valence-corrected chi connectivity index (χ2v) is 5.04. The minimum atomic E-state index is 0.915. The Bertz CT molecular complexity index is 585. The largest absolute Gasteiger partial charge is 0.398 e. The normalized spacial score (nSPS) is 15.0. The molecule has 18 heavy (non-hydrogen) atoms. The van der Waals surface area contributed by atoms with Crippen LogP contribution in [-0.4, -0.2) is 14.7 Å². The molecule has 0 aliphatic carbocycles. The molecular formula is C14H18N4. The molecule has 94 valence electrons. The van der Waals surface area contributed by atoms with Crippen molar-refractivity contribution in [3.8, 4) is 0 Å². The second kappa shape index (κ2) is 4.14.